The Morgan fingerprint density at radius 3 is 2.22 bits per heavy atom. The number of anilines is 1. The number of aliphatic hydroxyl groups excluding tert-OH is 2. The molecular formula is C30H28F5N5O6. The Bertz CT molecular complexity index is 1800. The van der Waals surface area contributed by atoms with Gasteiger partial charge >= 0.3 is 12.1 Å². The van der Waals surface area contributed by atoms with E-state index in [0.29, 0.717) is 29.0 Å². The largest absolute Gasteiger partial charge is 0.490 e. The van der Waals surface area contributed by atoms with Gasteiger partial charge in [-0.2, -0.15) is 18.2 Å². The molecule has 16 heteroatoms. The number of nitrogens with one attached hydrogen (secondary N) is 2. The Kier molecular flexibility index (Phi) is 10.3. The van der Waals surface area contributed by atoms with Gasteiger partial charge in [0, 0.05) is 29.1 Å². The lowest BCUT2D eigenvalue weighted by atomic mass is 9.99. The molecule has 244 valence electrons. The maximum absolute atomic E-state index is 14.9. The molecule has 0 spiro atoms. The number of nitrogens with zero attached hydrogens (tertiary/aromatic N) is 3. The third-order valence-corrected chi connectivity index (χ3v) is 6.93. The van der Waals surface area contributed by atoms with Gasteiger partial charge in [-0.15, -0.1) is 0 Å². The number of alkyl halides is 3. The number of carbonyl (C=O) groups excluding carboxylic acids is 1. The molecule has 0 bridgehead atoms. The molecule has 0 saturated heterocycles. The number of rotatable bonds is 9. The fraction of sp³-hybridized carbons (Fsp3) is 0.300. The number of benzene rings is 2. The summed E-state index contributed by atoms with van der Waals surface area (Å²) in [7, 11) is 0. The summed E-state index contributed by atoms with van der Waals surface area (Å²) >= 11 is 0. The van der Waals surface area contributed by atoms with Crippen LogP contribution in [0.3, 0.4) is 0 Å². The predicted molar refractivity (Wildman–Crippen MR) is 156 cm³/mol. The second kappa shape index (κ2) is 14.0. The fourth-order valence-electron chi connectivity index (χ4n) is 4.31. The van der Waals surface area contributed by atoms with Crippen molar-refractivity contribution in [3.8, 4) is 16.9 Å². The number of aryl methyl sites for hydroxylation is 1. The minimum Gasteiger partial charge on any atom is -0.475 e. The first-order valence-corrected chi connectivity index (χ1v) is 13.8. The first-order chi connectivity index (χ1) is 21.7. The van der Waals surface area contributed by atoms with Crippen LogP contribution in [0.25, 0.3) is 28.0 Å². The molecule has 5 rings (SSSR count). The van der Waals surface area contributed by atoms with Crippen LogP contribution in [0.15, 0.2) is 53.3 Å². The van der Waals surface area contributed by atoms with Gasteiger partial charge in [0.1, 0.15) is 17.3 Å². The minimum atomic E-state index is -5.08. The average molecular weight is 650 g/mol. The zero-order valence-corrected chi connectivity index (χ0v) is 24.1. The smallest absolute Gasteiger partial charge is 0.475 e. The van der Waals surface area contributed by atoms with Crippen LogP contribution in [0.1, 0.15) is 28.8 Å². The molecule has 2 aromatic carbocycles. The number of hydrogen-bond acceptors (Lipinski definition) is 8. The first-order valence-electron chi connectivity index (χ1n) is 13.8. The highest BCUT2D eigenvalue weighted by Gasteiger charge is 2.38. The van der Waals surface area contributed by atoms with Crippen LogP contribution in [0.2, 0.25) is 0 Å². The molecule has 5 N–H and O–H groups in total. The lowest BCUT2D eigenvalue weighted by Crippen LogP contribution is -2.29. The fourth-order valence-corrected chi connectivity index (χ4v) is 4.31. The summed E-state index contributed by atoms with van der Waals surface area (Å²) in [6.07, 6.45) is -2.90. The lowest BCUT2D eigenvalue weighted by Gasteiger charge is -2.18. The van der Waals surface area contributed by atoms with Crippen molar-refractivity contribution < 1.29 is 46.9 Å². The lowest BCUT2D eigenvalue weighted by molar-refractivity contribution is -0.192. The van der Waals surface area contributed by atoms with Gasteiger partial charge in [-0.1, -0.05) is 12.1 Å². The van der Waals surface area contributed by atoms with Crippen LogP contribution in [0, 0.1) is 24.5 Å². The van der Waals surface area contributed by atoms with Gasteiger partial charge in [0.05, 0.1) is 24.9 Å². The Morgan fingerprint density at radius 2 is 1.65 bits per heavy atom. The normalized spacial score (nSPS) is 12.9. The summed E-state index contributed by atoms with van der Waals surface area (Å²) in [5, 5.41) is 32.3. The number of amides is 1. The van der Waals surface area contributed by atoms with E-state index in [2.05, 4.69) is 20.6 Å². The summed E-state index contributed by atoms with van der Waals surface area (Å²) in [5.41, 5.74) is 0.536. The Labute approximate surface area is 257 Å². The van der Waals surface area contributed by atoms with Crippen LogP contribution in [0.5, 0.6) is 0 Å². The van der Waals surface area contributed by atoms with E-state index in [9.17, 15) is 41.8 Å². The Balaban J connectivity index is 0.000000617. The highest BCUT2D eigenvalue weighted by molar-refractivity contribution is 5.98. The van der Waals surface area contributed by atoms with Gasteiger partial charge in [0.25, 0.3) is 11.5 Å². The van der Waals surface area contributed by atoms with Crippen molar-refractivity contribution in [2.75, 3.05) is 25.1 Å². The SMILES string of the molecule is Cc1ccc(C(=O)NCC2CC2)cc1-c1nc(NC(CO)CO)nc2c1ccc(=O)n2-c1c(F)cccc1F.O=C(O)C(F)(F)F. The van der Waals surface area contributed by atoms with Gasteiger partial charge in [0.2, 0.25) is 5.95 Å². The molecule has 0 radical (unpaired) electrons. The molecule has 1 aliphatic rings. The molecule has 1 amide bonds. The molecule has 11 nitrogen and oxygen atoms in total. The summed E-state index contributed by atoms with van der Waals surface area (Å²) < 4.78 is 62.3. The maximum Gasteiger partial charge on any atom is 0.490 e. The average Bonchev–Trinajstić information content (AvgIpc) is 3.84. The van der Waals surface area contributed by atoms with Gasteiger partial charge in [-0.3, -0.25) is 14.2 Å². The first kappa shape index (κ1) is 33.9. The molecular weight excluding hydrogens is 621 g/mol. The number of carbonyl (C=O) groups is 2. The van der Waals surface area contributed by atoms with Crippen molar-refractivity contribution in [3.63, 3.8) is 0 Å². The molecule has 0 atom stereocenters. The topological polar surface area (TPSA) is 167 Å². The van der Waals surface area contributed by atoms with Crippen molar-refractivity contribution in [3.05, 3.63) is 81.6 Å². The number of halogens is 5. The molecule has 0 unspecified atom stereocenters. The van der Waals surface area contributed by atoms with Gasteiger partial charge < -0.3 is 26.0 Å². The number of aliphatic carboxylic acids is 1. The molecule has 2 heterocycles. The van der Waals surface area contributed by atoms with Crippen LogP contribution >= 0.6 is 0 Å². The predicted octanol–water partition coefficient (Wildman–Crippen LogP) is 3.57. The van der Waals surface area contributed by atoms with Crippen molar-refractivity contribution in [2.24, 2.45) is 5.92 Å². The number of aliphatic hydroxyl groups is 2. The molecule has 2 aromatic heterocycles. The van der Waals surface area contributed by atoms with Crippen LogP contribution in [-0.4, -0.2) is 73.7 Å². The van der Waals surface area contributed by atoms with Crippen LogP contribution < -0.4 is 16.2 Å². The third-order valence-electron chi connectivity index (χ3n) is 6.93. The molecule has 1 saturated carbocycles. The molecule has 1 fully saturated rings. The van der Waals surface area contributed by atoms with Crippen molar-refractivity contribution in [1.29, 1.82) is 0 Å². The van der Waals surface area contributed by atoms with Crippen molar-refractivity contribution in [2.45, 2.75) is 32.0 Å². The van der Waals surface area contributed by atoms with E-state index in [4.69, 9.17) is 9.90 Å². The van der Waals surface area contributed by atoms with E-state index in [1.54, 1.807) is 18.2 Å². The summed E-state index contributed by atoms with van der Waals surface area (Å²) in [4.78, 5) is 43.7. The monoisotopic (exact) mass is 649 g/mol. The Morgan fingerprint density at radius 1 is 1.02 bits per heavy atom. The number of carboxylic acid groups (broad SMARTS) is 1. The second-order valence-electron chi connectivity index (χ2n) is 10.4. The van der Waals surface area contributed by atoms with Crippen molar-refractivity contribution >= 4 is 28.9 Å². The van der Waals surface area contributed by atoms with E-state index in [-0.39, 0.29) is 23.2 Å². The van der Waals surface area contributed by atoms with Crippen LogP contribution in [-0.2, 0) is 4.79 Å². The zero-order chi connectivity index (χ0) is 33.8. The quantitative estimate of drug-likeness (QED) is 0.170. The van der Waals surface area contributed by atoms with E-state index >= 15 is 0 Å². The molecule has 4 aromatic rings. The number of pyridine rings is 1. The number of aromatic nitrogens is 3. The zero-order valence-electron chi connectivity index (χ0n) is 24.1. The standard InChI is InChI=1S/C28H27F2N5O4.C2HF3O2/c1-15-5-8-17(27(39)31-12-16-6-7-16)11-20(15)24-19-9-10-23(38)35(25-21(29)3-2-4-22(25)30)26(19)34-28(33-24)32-18(13-36)14-37;3-2(4,5)1(6)7/h2-5,8-11,16,18,36-37H,6-7,12-14H2,1H3,(H,31,39)(H,32,33,34);(H,6,7). The second-order valence-corrected chi connectivity index (χ2v) is 10.4. The molecule has 0 aliphatic heterocycles. The minimum absolute atomic E-state index is 0.0929. The van der Waals surface area contributed by atoms with Gasteiger partial charge in [-0.25, -0.2) is 18.6 Å². The number of para-hydroxylation sites is 1. The third kappa shape index (κ3) is 7.81. The van der Waals surface area contributed by atoms with E-state index < -0.39 is 54.3 Å². The van der Waals surface area contributed by atoms with E-state index in [1.807, 2.05) is 6.92 Å². The van der Waals surface area contributed by atoms with E-state index in [0.717, 1.165) is 35.1 Å². The van der Waals surface area contributed by atoms with Crippen LogP contribution in [0.4, 0.5) is 27.9 Å². The number of carboxylic acids is 1. The summed E-state index contributed by atoms with van der Waals surface area (Å²) in [5.74, 6) is -4.52. The number of hydrogen-bond donors (Lipinski definition) is 5. The highest BCUT2D eigenvalue weighted by atomic mass is 19.4. The number of fused-ring (bicyclic) bond motifs is 1. The summed E-state index contributed by atoms with van der Waals surface area (Å²) in [6.45, 7) is 1.51. The van der Waals surface area contributed by atoms with Gasteiger partial charge in [-0.05, 0) is 61.6 Å². The van der Waals surface area contributed by atoms with Crippen molar-refractivity contribution in [1.82, 2.24) is 19.9 Å². The maximum atomic E-state index is 14.9. The Hall–Kier alpha value is -4.96. The summed E-state index contributed by atoms with van der Waals surface area (Å²) in [6, 6.07) is 10.2. The van der Waals surface area contributed by atoms with E-state index in [1.165, 1.54) is 18.2 Å². The highest BCUT2D eigenvalue weighted by Crippen LogP contribution is 2.32. The molecule has 46 heavy (non-hydrogen) atoms. The molecule has 1 aliphatic carbocycles. The van der Waals surface area contributed by atoms with Gasteiger partial charge in [0.15, 0.2) is 5.65 Å².